The van der Waals surface area contributed by atoms with Crippen molar-refractivity contribution >= 4 is 17.3 Å². The first-order chi connectivity index (χ1) is 23.0. The van der Waals surface area contributed by atoms with Crippen molar-refractivity contribution in [1.29, 1.82) is 0 Å². The van der Waals surface area contributed by atoms with Crippen LogP contribution >= 0.6 is 0 Å². The van der Waals surface area contributed by atoms with Gasteiger partial charge in [0.25, 0.3) is 5.91 Å². The number of piperazine rings is 1. The summed E-state index contributed by atoms with van der Waals surface area (Å²) in [5, 5.41) is 13.0. The van der Waals surface area contributed by atoms with Crippen molar-refractivity contribution in [2.45, 2.75) is 31.2 Å². The number of benzene rings is 4. The molecular weight excluding hydrogens is 591 g/mol. The smallest absolute Gasteiger partial charge is 0.251 e. The van der Waals surface area contributed by atoms with Crippen molar-refractivity contribution in [2.75, 3.05) is 62.2 Å². The van der Waals surface area contributed by atoms with Crippen LogP contribution in [-0.4, -0.2) is 68.3 Å². The Bertz CT molecular complexity index is 1770. The van der Waals surface area contributed by atoms with Crippen LogP contribution in [0.3, 0.4) is 0 Å². The number of halogens is 1. The van der Waals surface area contributed by atoms with Gasteiger partial charge in [-0.1, -0.05) is 42.5 Å². The van der Waals surface area contributed by atoms with Crippen LogP contribution in [0.5, 0.6) is 11.5 Å². The van der Waals surface area contributed by atoms with Crippen molar-refractivity contribution in [3.63, 3.8) is 0 Å². The molecule has 2 saturated heterocycles. The fraction of sp³-hybridized carbons (Fsp3) is 0.359. The van der Waals surface area contributed by atoms with E-state index < -0.39 is 0 Å². The van der Waals surface area contributed by atoms with E-state index in [1.54, 1.807) is 18.2 Å². The SMILES string of the molecule is O=C1NCc2cc(N3CCN(CC4CCN(c5ccc([C@@H]6c7ccc(O)cc7OC[C@@H]6c6ccccc6)cc5F)CC4)CC3)ccc21. The second kappa shape index (κ2) is 12.6. The summed E-state index contributed by atoms with van der Waals surface area (Å²) in [7, 11) is 0. The molecule has 0 saturated carbocycles. The number of phenols is 1. The maximum absolute atomic E-state index is 16.0. The van der Waals surface area contributed by atoms with Crippen LogP contribution in [0.15, 0.2) is 84.9 Å². The average molecular weight is 633 g/mol. The van der Waals surface area contributed by atoms with Gasteiger partial charge in [-0.3, -0.25) is 9.69 Å². The van der Waals surface area contributed by atoms with Crippen LogP contribution in [0.4, 0.5) is 15.8 Å². The number of fused-ring (bicyclic) bond motifs is 2. The van der Waals surface area contributed by atoms with E-state index in [-0.39, 0.29) is 29.3 Å². The summed E-state index contributed by atoms with van der Waals surface area (Å²) >= 11 is 0. The van der Waals surface area contributed by atoms with E-state index >= 15 is 4.39 Å². The number of nitrogens with zero attached hydrogens (tertiary/aromatic N) is 3. The highest BCUT2D eigenvalue weighted by molar-refractivity contribution is 5.98. The highest BCUT2D eigenvalue weighted by Crippen LogP contribution is 2.47. The van der Waals surface area contributed by atoms with E-state index in [0.29, 0.717) is 30.5 Å². The largest absolute Gasteiger partial charge is 0.508 e. The molecule has 0 aromatic heterocycles. The Hall–Kier alpha value is -4.56. The number of ether oxygens (including phenoxy) is 1. The second-order valence-electron chi connectivity index (χ2n) is 13.5. The third-order valence-corrected chi connectivity index (χ3v) is 10.7. The molecule has 0 unspecified atom stereocenters. The second-order valence-corrected chi connectivity index (χ2v) is 13.5. The number of hydrogen-bond acceptors (Lipinski definition) is 6. The van der Waals surface area contributed by atoms with E-state index in [1.807, 2.05) is 36.4 Å². The lowest BCUT2D eigenvalue weighted by molar-refractivity contribution is 0.0965. The van der Waals surface area contributed by atoms with Crippen LogP contribution in [-0.2, 0) is 6.54 Å². The molecule has 1 amide bonds. The summed E-state index contributed by atoms with van der Waals surface area (Å²) in [5.41, 5.74) is 6.84. The standard InChI is InChI=1S/C39H41FN4O3/c40-35-21-28(38-33-10-8-31(45)22-37(33)47-25-34(38)27-4-2-1-3-5-27)6-11-36(35)44-14-12-26(13-15-44)24-42-16-18-43(19-17-42)30-7-9-32-29(20-30)23-41-39(32)46/h1-11,20-22,26,34,38,45H,12-19,23-25H2,(H,41,46)/t34-,38-/m1/s1. The van der Waals surface area contributed by atoms with E-state index in [9.17, 15) is 9.90 Å². The molecule has 4 aromatic rings. The fourth-order valence-corrected chi connectivity index (χ4v) is 8.10. The van der Waals surface area contributed by atoms with Gasteiger partial charge in [-0.05, 0) is 71.8 Å². The van der Waals surface area contributed by atoms with Gasteiger partial charge in [-0.2, -0.15) is 0 Å². The number of carbonyl (C=O) groups excluding carboxylic acids is 1. The molecular formula is C39H41FN4O3. The van der Waals surface area contributed by atoms with Gasteiger partial charge in [0.2, 0.25) is 0 Å². The molecule has 0 radical (unpaired) electrons. The van der Waals surface area contributed by atoms with Gasteiger partial charge in [0.15, 0.2) is 0 Å². The molecule has 47 heavy (non-hydrogen) atoms. The number of aromatic hydroxyl groups is 1. The lowest BCUT2D eigenvalue weighted by atomic mass is 9.76. The highest BCUT2D eigenvalue weighted by atomic mass is 19.1. The first kappa shape index (κ1) is 29.8. The van der Waals surface area contributed by atoms with Gasteiger partial charge in [0.1, 0.15) is 17.3 Å². The third kappa shape index (κ3) is 5.91. The van der Waals surface area contributed by atoms with Crippen molar-refractivity contribution in [3.8, 4) is 11.5 Å². The van der Waals surface area contributed by atoms with Crippen LogP contribution in [0.1, 0.15) is 57.3 Å². The quantitative estimate of drug-likeness (QED) is 0.267. The first-order valence-electron chi connectivity index (χ1n) is 16.9. The molecule has 4 aliphatic rings. The van der Waals surface area contributed by atoms with E-state index in [2.05, 4.69) is 50.3 Å². The predicted molar refractivity (Wildman–Crippen MR) is 182 cm³/mol. The van der Waals surface area contributed by atoms with Crippen LogP contribution < -0.4 is 19.9 Å². The third-order valence-electron chi connectivity index (χ3n) is 10.7. The molecule has 0 bridgehead atoms. The van der Waals surface area contributed by atoms with E-state index in [1.165, 1.54) is 5.69 Å². The summed E-state index contributed by atoms with van der Waals surface area (Å²) in [6.45, 7) is 7.92. The van der Waals surface area contributed by atoms with Gasteiger partial charge in [0.05, 0.1) is 12.3 Å². The zero-order chi connectivity index (χ0) is 31.9. The average Bonchev–Trinajstić information content (AvgIpc) is 3.48. The number of rotatable bonds is 6. The minimum absolute atomic E-state index is 0.0304. The monoisotopic (exact) mass is 632 g/mol. The molecule has 8 rings (SSSR count). The molecule has 4 aromatic carbocycles. The maximum atomic E-state index is 16.0. The van der Waals surface area contributed by atoms with Gasteiger partial charge in [-0.25, -0.2) is 4.39 Å². The molecule has 4 heterocycles. The zero-order valence-electron chi connectivity index (χ0n) is 26.6. The van der Waals surface area contributed by atoms with Crippen LogP contribution in [0.25, 0.3) is 0 Å². The molecule has 7 nitrogen and oxygen atoms in total. The normalized spacial score (nSPS) is 21.6. The van der Waals surface area contributed by atoms with Crippen LogP contribution in [0.2, 0.25) is 0 Å². The Labute approximate surface area is 275 Å². The molecule has 242 valence electrons. The molecule has 0 aliphatic carbocycles. The first-order valence-corrected chi connectivity index (χ1v) is 16.9. The minimum Gasteiger partial charge on any atom is -0.508 e. The molecule has 2 atom stereocenters. The number of nitrogens with one attached hydrogen (secondary N) is 1. The number of piperidine rings is 1. The Morgan fingerprint density at radius 1 is 0.830 bits per heavy atom. The van der Waals surface area contributed by atoms with Gasteiger partial charge >= 0.3 is 0 Å². The summed E-state index contributed by atoms with van der Waals surface area (Å²) in [6.07, 6.45) is 2.11. The number of hydrogen-bond donors (Lipinski definition) is 2. The Balaban J connectivity index is 0.898. The molecule has 4 aliphatic heterocycles. The highest BCUT2D eigenvalue weighted by Gasteiger charge is 2.34. The van der Waals surface area contributed by atoms with Gasteiger partial charge < -0.3 is 25.0 Å². The van der Waals surface area contributed by atoms with E-state index in [4.69, 9.17) is 4.74 Å². The lowest BCUT2D eigenvalue weighted by Crippen LogP contribution is -2.49. The summed E-state index contributed by atoms with van der Waals surface area (Å²) in [5.74, 6) is 1.24. The van der Waals surface area contributed by atoms with E-state index in [0.717, 1.165) is 86.5 Å². The van der Waals surface area contributed by atoms with Gasteiger partial charge in [-0.15, -0.1) is 0 Å². The Morgan fingerprint density at radius 2 is 1.64 bits per heavy atom. The zero-order valence-corrected chi connectivity index (χ0v) is 26.6. The van der Waals surface area contributed by atoms with Gasteiger partial charge in [0, 0.05) is 87.1 Å². The van der Waals surface area contributed by atoms with Crippen molar-refractivity contribution in [3.05, 3.63) is 119 Å². The molecule has 8 heteroatoms. The van der Waals surface area contributed by atoms with Crippen molar-refractivity contribution < 1.29 is 19.0 Å². The number of amides is 1. The Kier molecular flexibility index (Phi) is 7.97. The number of anilines is 2. The minimum atomic E-state index is -0.178. The number of phenolic OH excluding ortho intramolecular Hbond substituents is 1. The number of carbonyl (C=O) groups is 1. The van der Waals surface area contributed by atoms with Crippen molar-refractivity contribution in [1.82, 2.24) is 10.2 Å². The Morgan fingerprint density at radius 3 is 2.43 bits per heavy atom. The summed E-state index contributed by atoms with van der Waals surface area (Å²) in [6, 6.07) is 27.5. The molecule has 2 N–H and O–H groups in total. The predicted octanol–water partition coefficient (Wildman–Crippen LogP) is 6.12. The lowest BCUT2D eigenvalue weighted by Gasteiger charge is -2.40. The van der Waals surface area contributed by atoms with Crippen LogP contribution in [0, 0.1) is 11.7 Å². The molecule has 0 spiro atoms. The molecule has 2 fully saturated rings. The fourth-order valence-electron chi connectivity index (χ4n) is 8.10. The topological polar surface area (TPSA) is 68.3 Å². The maximum Gasteiger partial charge on any atom is 0.251 e. The summed E-state index contributed by atoms with van der Waals surface area (Å²) in [4.78, 5) is 19.1. The van der Waals surface area contributed by atoms with Crippen molar-refractivity contribution in [2.24, 2.45) is 5.92 Å². The summed E-state index contributed by atoms with van der Waals surface area (Å²) < 4.78 is 22.1.